The highest BCUT2D eigenvalue weighted by Gasteiger charge is 2.37. The lowest BCUT2D eigenvalue weighted by Gasteiger charge is -2.35. The van der Waals surface area contributed by atoms with Crippen LogP contribution in [0.4, 0.5) is 4.79 Å². The maximum Gasteiger partial charge on any atom is 0.408 e. The van der Waals surface area contributed by atoms with E-state index in [1.165, 1.54) is 4.90 Å². The molecule has 0 fully saturated rings. The molecule has 0 saturated heterocycles. The number of nitrogens with zero attached hydrogens (tertiary/aromatic N) is 1. The molecule has 3 atom stereocenters. The van der Waals surface area contributed by atoms with Crippen LogP contribution in [0.15, 0.2) is 24.3 Å². The summed E-state index contributed by atoms with van der Waals surface area (Å²) in [7, 11) is 0. The van der Waals surface area contributed by atoms with E-state index in [9.17, 15) is 19.5 Å². The van der Waals surface area contributed by atoms with Crippen molar-refractivity contribution >= 4 is 17.9 Å². The molecule has 0 aliphatic rings. The first-order valence-corrected chi connectivity index (χ1v) is 12.7. The zero-order valence-electron chi connectivity index (χ0n) is 22.6. The number of nitrogens with one attached hydrogen (secondary N) is 2. The Morgan fingerprint density at radius 2 is 1.78 bits per heavy atom. The molecule has 3 unspecified atom stereocenters. The van der Waals surface area contributed by atoms with Gasteiger partial charge in [0.05, 0.1) is 6.61 Å². The number of terminal acetylenes is 1. The molecule has 3 amide bonds. The average Bonchev–Trinajstić information content (AvgIpc) is 2.83. The van der Waals surface area contributed by atoms with Crippen LogP contribution in [0.5, 0.6) is 0 Å². The van der Waals surface area contributed by atoms with Gasteiger partial charge in [0.1, 0.15) is 17.7 Å². The van der Waals surface area contributed by atoms with Crippen molar-refractivity contribution in [1.82, 2.24) is 15.5 Å². The monoisotopic (exact) mass is 501 g/mol. The number of alkyl carbamates (subject to hydrolysis) is 1. The summed E-state index contributed by atoms with van der Waals surface area (Å²) in [5.74, 6) is 1.47. The Labute approximate surface area is 216 Å². The Morgan fingerprint density at radius 1 is 1.14 bits per heavy atom. The largest absolute Gasteiger partial charge is 0.444 e. The molecule has 3 N–H and O–H groups in total. The number of carbonyl (C=O) groups excluding carboxylic acids is 3. The molecule has 8 heteroatoms. The lowest BCUT2D eigenvalue weighted by atomic mass is 9.95. The molecule has 0 aromatic heterocycles. The summed E-state index contributed by atoms with van der Waals surface area (Å²) < 4.78 is 5.38. The SMILES string of the molecule is C#Cc1ccc(C(C(=O)NCCCCC)N(CCO)C(=O)C(NC(=O)OC(C)(C)C)C(C)CC)cc1. The van der Waals surface area contributed by atoms with E-state index >= 15 is 0 Å². The van der Waals surface area contributed by atoms with Crippen molar-refractivity contribution in [3.05, 3.63) is 35.4 Å². The Kier molecular flexibility index (Phi) is 13.0. The Bertz CT molecular complexity index is 886. The van der Waals surface area contributed by atoms with Gasteiger partial charge in [-0.1, -0.05) is 58.1 Å². The van der Waals surface area contributed by atoms with Gasteiger partial charge in [-0.3, -0.25) is 9.59 Å². The van der Waals surface area contributed by atoms with Crippen molar-refractivity contribution in [3.63, 3.8) is 0 Å². The summed E-state index contributed by atoms with van der Waals surface area (Å²) in [5, 5.41) is 15.5. The maximum atomic E-state index is 13.9. The first kappa shape index (κ1) is 31.0. The maximum absolute atomic E-state index is 13.9. The highest BCUT2D eigenvalue weighted by atomic mass is 16.6. The van der Waals surface area contributed by atoms with Crippen LogP contribution in [0, 0.1) is 18.3 Å². The molecule has 0 heterocycles. The predicted molar refractivity (Wildman–Crippen MR) is 141 cm³/mol. The lowest BCUT2D eigenvalue weighted by Crippen LogP contribution is -2.55. The summed E-state index contributed by atoms with van der Waals surface area (Å²) in [4.78, 5) is 41.2. The third-order valence-corrected chi connectivity index (χ3v) is 5.81. The number of carbonyl (C=O) groups is 3. The Morgan fingerprint density at radius 3 is 2.28 bits per heavy atom. The molecule has 1 rings (SSSR count). The van der Waals surface area contributed by atoms with Crippen molar-refractivity contribution < 1.29 is 24.2 Å². The second-order valence-electron chi connectivity index (χ2n) is 9.93. The van der Waals surface area contributed by atoms with Gasteiger partial charge in [0.25, 0.3) is 0 Å². The predicted octanol–water partition coefficient (Wildman–Crippen LogP) is 3.78. The van der Waals surface area contributed by atoms with E-state index in [0.29, 0.717) is 24.1 Å². The van der Waals surface area contributed by atoms with Crippen LogP contribution < -0.4 is 10.6 Å². The fraction of sp³-hybridized carbons (Fsp3) is 0.607. The molecule has 0 aliphatic heterocycles. The minimum Gasteiger partial charge on any atom is -0.444 e. The van der Waals surface area contributed by atoms with Crippen molar-refractivity contribution in [2.24, 2.45) is 5.92 Å². The molecular formula is C28H43N3O5. The van der Waals surface area contributed by atoms with Crippen LogP contribution in [0.3, 0.4) is 0 Å². The number of ether oxygens (including phenoxy) is 1. The van der Waals surface area contributed by atoms with Crippen molar-refractivity contribution in [3.8, 4) is 12.3 Å². The van der Waals surface area contributed by atoms with Gasteiger partial charge in [-0.25, -0.2) is 4.79 Å². The molecule has 1 aromatic rings. The van der Waals surface area contributed by atoms with Gasteiger partial charge in [-0.05, 0) is 50.8 Å². The number of amides is 3. The number of unbranched alkanes of at least 4 members (excludes halogenated alkanes) is 2. The zero-order valence-corrected chi connectivity index (χ0v) is 22.6. The quantitative estimate of drug-likeness (QED) is 0.282. The van der Waals surface area contributed by atoms with Crippen LogP contribution >= 0.6 is 0 Å². The fourth-order valence-electron chi connectivity index (χ4n) is 3.69. The highest BCUT2D eigenvalue weighted by molar-refractivity contribution is 5.92. The number of aliphatic hydroxyl groups is 1. The smallest absolute Gasteiger partial charge is 0.408 e. The van der Waals surface area contributed by atoms with Crippen LogP contribution in [-0.2, 0) is 14.3 Å². The molecule has 0 spiro atoms. The number of hydrogen-bond acceptors (Lipinski definition) is 5. The van der Waals surface area contributed by atoms with E-state index in [0.717, 1.165) is 19.3 Å². The summed E-state index contributed by atoms with van der Waals surface area (Å²) >= 11 is 0. The topological polar surface area (TPSA) is 108 Å². The second-order valence-corrected chi connectivity index (χ2v) is 9.93. The van der Waals surface area contributed by atoms with E-state index in [-0.39, 0.29) is 25.0 Å². The first-order chi connectivity index (χ1) is 17.0. The number of aliphatic hydroxyl groups excluding tert-OH is 1. The van der Waals surface area contributed by atoms with Crippen LogP contribution in [0.25, 0.3) is 0 Å². The van der Waals surface area contributed by atoms with Crippen LogP contribution in [0.2, 0.25) is 0 Å². The standard InChI is InChI=1S/C28H43N3O5/c1-8-11-12-17-29-25(33)24(22-15-13-21(10-3)14-16-22)31(18-19-32)26(34)23(20(4)9-2)30-27(35)36-28(5,6)7/h3,13-16,20,23-24,32H,8-9,11-12,17-19H2,1-2,4-7H3,(H,29,33)(H,30,35). The molecular weight excluding hydrogens is 458 g/mol. The summed E-state index contributed by atoms with van der Waals surface area (Å²) in [5.41, 5.74) is 0.464. The summed E-state index contributed by atoms with van der Waals surface area (Å²) in [6, 6.07) is 4.88. The average molecular weight is 502 g/mol. The molecule has 8 nitrogen and oxygen atoms in total. The van der Waals surface area contributed by atoms with Gasteiger partial charge in [-0.15, -0.1) is 6.42 Å². The minimum atomic E-state index is -1.01. The number of benzene rings is 1. The third kappa shape index (κ3) is 9.90. The normalized spacial score (nSPS) is 13.6. The highest BCUT2D eigenvalue weighted by Crippen LogP contribution is 2.25. The van der Waals surface area contributed by atoms with E-state index in [1.807, 2.05) is 13.8 Å². The Hall–Kier alpha value is -3.05. The number of hydrogen-bond donors (Lipinski definition) is 3. The van der Waals surface area contributed by atoms with E-state index in [2.05, 4.69) is 23.5 Å². The van der Waals surface area contributed by atoms with Crippen molar-refractivity contribution in [1.29, 1.82) is 0 Å². The van der Waals surface area contributed by atoms with Gasteiger partial charge in [-0.2, -0.15) is 0 Å². The molecule has 1 aromatic carbocycles. The van der Waals surface area contributed by atoms with Crippen LogP contribution in [-0.4, -0.2) is 59.3 Å². The van der Waals surface area contributed by atoms with Gasteiger partial charge in [0.15, 0.2) is 0 Å². The zero-order chi connectivity index (χ0) is 27.3. The van der Waals surface area contributed by atoms with Crippen LogP contribution in [0.1, 0.15) is 84.4 Å². The molecule has 0 radical (unpaired) electrons. The minimum absolute atomic E-state index is 0.0916. The number of rotatable bonds is 13. The summed E-state index contributed by atoms with van der Waals surface area (Å²) in [6.07, 6.45) is 8.16. The summed E-state index contributed by atoms with van der Waals surface area (Å²) in [6.45, 7) is 11.1. The Balaban J connectivity index is 3.40. The second kappa shape index (κ2) is 15.1. The van der Waals surface area contributed by atoms with Crippen molar-refractivity contribution in [2.45, 2.75) is 84.9 Å². The molecule has 0 aliphatic carbocycles. The first-order valence-electron chi connectivity index (χ1n) is 12.7. The molecule has 0 bridgehead atoms. The third-order valence-electron chi connectivity index (χ3n) is 5.81. The fourth-order valence-corrected chi connectivity index (χ4v) is 3.69. The van der Waals surface area contributed by atoms with Gasteiger partial charge in [0.2, 0.25) is 11.8 Å². The van der Waals surface area contributed by atoms with E-state index in [4.69, 9.17) is 11.2 Å². The van der Waals surface area contributed by atoms with Crippen molar-refractivity contribution in [2.75, 3.05) is 19.7 Å². The molecule has 200 valence electrons. The van der Waals surface area contributed by atoms with Gasteiger partial charge < -0.3 is 25.4 Å². The van der Waals surface area contributed by atoms with E-state index < -0.39 is 29.7 Å². The van der Waals surface area contributed by atoms with Gasteiger partial charge >= 0.3 is 6.09 Å². The lowest BCUT2D eigenvalue weighted by molar-refractivity contribution is -0.144. The molecule has 0 saturated carbocycles. The molecule has 36 heavy (non-hydrogen) atoms. The van der Waals surface area contributed by atoms with Gasteiger partial charge in [0, 0.05) is 18.7 Å². The van der Waals surface area contributed by atoms with E-state index in [1.54, 1.807) is 45.0 Å².